The molecule has 0 spiro atoms. The minimum absolute atomic E-state index is 0.775. The predicted molar refractivity (Wildman–Crippen MR) is 65.4 cm³/mol. The van der Waals surface area contributed by atoms with Crippen LogP contribution in [-0.4, -0.2) is 6.54 Å². The van der Waals surface area contributed by atoms with Crippen molar-refractivity contribution in [1.29, 1.82) is 0 Å². The van der Waals surface area contributed by atoms with Gasteiger partial charge in [-0.15, -0.1) is 0 Å². The third-order valence-corrected chi connectivity index (χ3v) is 3.07. The van der Waals surface area contributed by atoms with Crippen molar-refractivity contribution in [2.24, 2.45) is 17.6 Å². The molecular weight excluding hydrogens is 170 g/mol. The van der Waals surface area contributed by atoms with E-state index in [0.717, 1.165) is 18.4 Å². The summed E-state index contributed by atoms with van der Waals surface area (Å²) >= 11 is 0. The average molecular weight is 199 g/mol. The smallest absolute Gasteiger partial charge is 0.00488 e. The first-order valence-electron chi connectivity index (χ1n) is 6.44. The topological polar surface area (TPSA) is 26.0 Å². The van der Waals surface area contributed by atoms with Gasteiger partial charge in [0.05, 0.1) is 0 Å². The Balaban J connectivity index is 3.51. The molecule has 14 heavy (non-hydrogen) atoms. The summed E-state index contributed by atoms with van der Waals surface area (Å²) in [6.45, 7) is 7.79. The number of unbranched alkanes of at least 4 members (excludes halogenated alkanes) is 2. The summed E-state index contributed by atoms with van der Waals surface area (Å²) in [7, 11) is 0. The van der Waals surface area contributed by atoms with E-state index in [2.05, 4.69) is 20.8 Å². The van der Waals surface area contributed by atoms with Crippen molar-refractivity contribution < 1.29 is 0 Å². The lowest BCUT2D eigenvalue weighted by molar-refractivity contribution is 0.351. The molecule has 0 fully saturated rings. The fourth-order valence-electron chi connectivity index (χ4n) is 2.17. The van der Waals surface area contributed by atoms with Crippen LogP contribution in [0.15, 0.2) is 0 Å². The van der Waals surface area contributed by atoms with Gasteiger partial charge in [0.25, 0.3) is 0 Å². The van der Waals surface area contributed by atoms with Gasteiger partial charge in [0.2, 0.25) is 0 Å². The van der Waals surface area contributed by atoms with E-state index in [9.17, 15) is 0 Å². The Morgan fingerprint density at radius 3 is 2.21 bits per heavy atom. The molecule has 0 aliphatic carbocycles. The highest BCUT2D eigenvalue weighted by Gasteiger charge is 2.10. The van der Waals surface area contributed by atoms with E-state index in [1.807, 2.05) is 0 Å². The Labute approximate surface area is 90.5 Å². The molecule has 2 atom stereocenters. The number of hydrogen-bond donors (Lipinski definition) is 1. The SMILES string of the molecule is CCCCCC(C)CC(CN)CCC. The summed E-state index contributed by atoms with van der Waals surface area (Å²) in [4.78, 5) is 0. The molecule has 0 aromatic rings. The maximum atomic E-state index is 5.76. The molecular formula is C13H29N. The largest absolute Gasteiger partial charge is 0.330 e. The van der Waals surface area contributed by atoms with Gasteiger partial charge in [-0.05, 0) is 31.2 Å². The van der Waals surface area contributed by atoms with Crippen molar-refractivity contribution in [2.45, 2.75) is 65.7 Å². The zero-order valence-electron chi connectivity index (χ0n) is 10.4. The Morgan fingerprint density at radius 2 is 1.71 bits per heavy atom. The molecule has 2 N–H and O–H groups in total. The summed E-state index contributed by atoms with van der Waals surface area (Å²) in [5.41, 5.74) is 5.76. The van der Waals surface area contributed by atoms with E-state index in [-0.39, 0.29) is 0 Å². The van der Waals surface area contributed by atoms with Crippen molar-refractivity contribution in [2.75, 3.05) is 6.54 Å². The van der Waals surface area contributed by atoms with Crippen molar-refractivity contribution >= 4 is 0 Å². The van der Waals surface area contributed by atoms with E-state index < -0.39 is 0 Å². The van der Waals surface area contributed by atoms with Gasteiger partial charge in [-0.2, -0.15) is 0 Å². The van der Waals surface area contributed by atoms with E-state index in [1.54, 1.807) is 0 Å². The summed E-state index contributed by atoms with van der Waals surface area (Å²) in [5, 5.41) is 0. The van der Waals surface area contributed by atoms with Crippen LogP contribution in [0.25, 0.3) is 0 Å². The summed E-state index contributed by atoms with van der Waals surface area (Å²) < 4.78 is 0. The van der Waals surface area contributed by atoms with Gasteiger partial charge >= 0.3 is 0 Å². The fraction of sp³-hybridized carbons (Fsp3) is 1.00. The summed E-state index contributed by atoms with van der Waals surface area (Å²) in [6, 6.07) is 0. The van der Waals surface area contributed by atoms with Gasteiger partial charge in [-0.1, -0.05) is 52.9 Å². The lowest BCUT2D eigenvalue weighted by Crippen LogP contribution is -2.17. The van der Waals surface area contributed by atoms with Crippen LogP contribution in [0.1, 0.15) is 65.7 Å². The van der Waals surface area contributed by atoms with Gasteiger partial charge in [0.15, 0.2) is 0 Å². The Morgan fingerprint density at radius 1 is 1.00 bits per heavy atom. The molecule has 0 aliphatic heterocycles. The molecule has 0 radical (unpaired) electrons. The lowest BCUT2D eigenvalue weighted by atomic mass is 9.89. The van der Waals surface area contributed by atoms with Gasteiger partial charge in [0, 0.05) is 0 Å². The molecule has 0 bridgehead atoms. The Bertz CT molecular complexity index is 112. The zero-order chi connectivity index (χ0) is 10.8. The van der Waals surface area contributed by atoms with E-state index in [4.69, 9.17) is 5.73 Å². The maximum absolute atomic E-state index is 5.76. The van der Waals surface area contributed by atoms with Crippen LogP contribution >= 0.6 is 0 Å². The molecule has 0 aliphatic rings. The monoisotopic (exact) mass is 199 g/mol. The standard InChI is InChI=1S/C13H29N/c1-4-6-7-9-12(3)10-13(11-14)8-5-2/h12-13H,4-11,14H2,1-3H3. The van der Waals surface area contributed by atoms with Crippen molar-refractivity contribution in [3.8, 4) is 0 Å². The summed E-state index contributed by atoms with van der Waals surface area (Å²) in [5.74, 6) is 1.65. The second kappa shape index (κ2) is 9.51. The second-order valence-corrected chi connectivity index (χ2v) is 4.73. The highest BCUT2D eigenvalue weighted by Crippen LogP contribution is 2.20. The normalized spacial score (nSPS) is 15.4. The van der Waals surface area contributed by atoms with Gasteiger partial charge < -0.3 is 5.73 Å². The van der Waals surface area contributed by atoms with Crippen LogP contribution in [0.3, 0.4) is 0 Å². The van der Waals surface area contributed by atoms with Crippen LogP contribution in [0.4, 0.5) is 0 Å². The number of nitrogens with two attached hydrogens (primary N) is 1. The molecule has 0 heterocycles. The van der Waals surface area contributed by atoms with Crippen LogP contribution in [0.5, 0.6) is 0 Å². The first-order valence-corrected chi connectivity index (χ1v) is 6.44. The van der Waals surface area contributed by atoms with Crippen LogP contribution < -0.4 is 5.73 Å². The minimum Gasteiger partial charge on any atom is -0.330 e. The lowest BCUT2D eigenvalue weighted by Gasteiger charge is -2.18. The van der Waals surface area contributed by atoms with E-state index >= 15 is 0 Å². The van der Waals surface area contributed by atoms with Gasteiger partial charge in [-0.3, -0.25) is 0 Å². The number of rotatable bonds is 9. The zero-order valence-corrected chi connectivity index (χ0v) is 10.4. The van der Waals surface area contributed by atoms with Crippen molar-refractivity contribution in [1.82, 2.24) is 0 Å². The first-order chi connectivity index (χ1) is 6.74. The van der Waals surface area contributed by atoms with E-state index in [1.165, 1.54) is 44.9 Å². The highest BCUT2D eigenvalue weighted by atomic mass is 14.5. The van der Waals surface area contributed by atoms with E-state index in [0.29, 0.717) is 0 Å². The maximum Gasteiger partial charge on any atom is -0.00488 e. The molecule has 0 aromatic carbocycles. The van der Waals surface area contributed by atoms with Gasteiger partial charge in [-0.25, -0.2) is 0 Å². The van der Waals surface area contributed by atoms with Crippen molar-refractivity contribution in [3.05, 3.63) is 0 Å². The quantitative estimate of drug-likeness (QED) is 0.559. The molecule has 0 amide bonds. The van der Waals surface area contributed by atoms with Crippen LogP contribution in [0, 0.1) is 11.8 Å². The predicted octanol–water partition coefficient (Wildman–Crippen LogP) is 3.97. The number of hydrogen-bond acceptors (Lipinski definition) is 1. The highest BCUT2D eigenvalue weighted by molar-refractivity contribution is 4.64. The van der Waals surface area contributed by atoms with Crippen LogP contribution in [0.2, 0.25) is 0 Å². The average Bonchev–Trinajstić information content (AvgIpc) is 2.17. The fourth-order valence-corrected chi connectivity index (χ4v) is 2.17. The summed E-state index contributed by atoms with van der Waals surface area (Å²) in [6.07, 6.45) is 9.47. The first kappa shape index (κ1) is 14.0. The minimum atomic E-state index is 0.775. The van der Waals surface area contributed by atoms with Crippen LogP contribution in [-0.2, 0) is 0 Å². The van der Waals surface area contributed by atoms with Crippen molar-refractivity contribution in [3.63, 3.8) is 0 Å². The Kier molecular flexibility index (Phi) is 9.49. The molecule has 1 nitrogen and oxygen atoms in total. The molecule has 0 saturated carbocycles. The molecule has 1 heteroatoms. The molecule has 0 rings (SSSR count). The molecule has 0 saturated heterocycles. The third kappa shape index (κ3) is 7.37. The third-order valence-electron chi connectivity index (χ3n) is 3.07. The molecule has 86 valence electrons. The van der Waals surface area contributed by atoms with Gasteiger partial charge in [0.1, 0.15) is 0 Å². The second-order valence-electron chi connectivity index (χ2n) is 4.73. The molecule has 2 unspecified atom stereocenters. The molecule has 0 aromatic heterocycles. The Hall–Kier alpha value is -0.0400.